The number of carbonyl (C=O) groups is 2. The Hall–Kier alpha value is -4.59. The summed E-state index contributed by atoms with van der Waals surface area (Å²) in [5, 5.41) is 27.2. The van der Waals surface area contributed by atoms with Crippen molar-refractivity contribution in [1.29, 1.82) is 0 Å². The highest BCUT2D eigenvalue weighted by atomic mass is 16.7. The van der Waals surface area contributed by atoms with Crippen molar-refractivity contribution >= 4 is 23.4 Å². The average Bonchev–Trinajstić information content (AvgIpc) is 3.29. The third-order valence-electron chi connectivity index (χ3n) is 13.1. The second-order valence-corrected chi connectivity index (χ2v) is 17.1. The molecule has 13 heteroatoms. The lowest BCUT2D eigenvalue weighted by Crippen LogP contribution is -2.69. The van der Waals surface area contributed by atoms with Gasteiger partial charge < -0.3 is 43.6 Å². The Morgan fingerprint density at radius 2 is 1.60 bits per heavy atom. The fourth-order valence-corrected chi connectivity index (χ4v) is 9.98. The summed E-state index contributed by atoms with van der Waals surface area (Å²) in [6.45, 7) is 6.59. The number of aliphatic hydroxyl groups is 2. The minimum absolute atomic E-state index is 0.0140. The Kier molecular flexibility index (Phi) is 19.6. The summed E-state index contributed by atoms with van der Waals surface area (Å²) in [6, 6.07) is 9.91. The number of carbonyl (C=O) groups excluding carboxylic acids is 2. The van der Waals surface area contributed by atoms with Gasteiger partial charge in [-0.1, -0.05) is 88.4 Å². The smallest absolute Gasteiger partial charge is 0.417 e. The molecule has 0 bridgehead atoms. The second-order valence-electron chi connectivity index (χ2n) is 17.1. The van der Waals surface area contributed by atoms with E-state index in [9.17, 15) is 19.8 Å². The van der Waals surface area contributed by atoms with Crippen LogP contribution in [-0.4, -0.2) is 92.9 Å². The van der Waals surface area contributed by atoms with Crippen LogP contribution in [0.4, 0.5) is 10.5 Å². The number of hydrogen-bond acceptors (Lipinski definition) is 11. The molecule has 0 aromatic heterocycles. The second kappa shape index (κ2) is 25.0. The highest BCUT2D eigenvalue weighted by molar-refractivity contribution is 6.03. The first-order chi connectivity index (χ1) is 30.7. The standard InChI is InChI=1S/C50H73N3O10/c1-7-9-10-11-12-13-14-15-16-23-46(56)53(3)45-34-42(52-60-6)39-31-35(21-17-19-28-54)38(22-18-20-29-55)47-40-32-37(25-27-43(40)63-50(45,48(39)47)61-30-8-2)62-49(57)51-41-26-24-36(58-4)33-44(41)59-5/h8,24-27,31-33,35,38,45,47-48,54-55H,2,7,9-23,28-30,34H2,1,3-6H3,(H,51,57). The maximum Gasteiger partial charge on any atom is 0.417 e. The molecule has 1 aliphatic heterocycles. The molecular formula is C50H73N3O10. The molecule has 2 aromatic carbocycles. The van der Waals surface area contributed by atoms with Gasteiger partial charge in [-0.3, -0.25) is 10.1 Å². The van der Waals surface area contributed by atoms with Crippen LogP contribution in [0.1, 0.15) is 128 Å². The Morgan fingerprint density at radius 1 is 0.905 bits per heavy atom. The number of oxime groups is 1. The van der Waals surface area contributed by atoms with E-state index in [2.05, 4.69) is 30.1 Å². The minimum atomic E-state index is -1.34. The SMILES string of the molecule is C=CCOC12Oc3ccc(OC(=O)Nc4ccc(OC)cc4OC)cc3C3C(CCCCO)C(CCCCO)C=C(C(=NOC)CC1N(C)C(=O)CCCCCCCCCCC)C32. The number of methoxy groups -OCH3 is 2. The monoisotopic (exact) mass is 876 g/mol. The molecule has 2 aliphatic carbocycles. The lowest BCUT2D eigenvalue weighted by Gasteiger charge is -2.59. The van der Waals surface area contributed by atoms with Crippen molar-refractivity contribution in [2.75, 3.05) is 53.5 Å². The van der Waals surface area contributed by atoms with E-state index < -0.39 is 23.8 Å². The van der Waals surface area contributed by atoms with Crippen molar-refractivity contribution in [3.05, 3.63) is 66.3 Å². The zero-order chi connectivity index (χ0) is 45.2. The van der Waals surface area contributed by atoms with E-state index in [4.69, 9.17) is 28.5 Å². The van der Waals surface area contributed by atoms with Gasteiger partial charge in [-0.25, -0.2) is 4.79 Å². The summed E-state index contributed by atoms with van der Waals surface area (Å²) in [4.78, 5) is 35.1. The van der Waals surface area contributed by atoms with E-state index in [-0.39, 0.29) is 43.5 Å². The fraction of sp³-hybridized carbons (Fsp3) is 0.620. The van der Waals surface area contributed by atoms with Gasteiger partial charge in [0.2, 0.25) is 11.7 Å². The maximum absolute atomic E-state index is 14.3. The predicted octanol–water partition coefficient (Wildman–Crippen LogP) is 9.96. The van der Waals surface area contributed by atoms with Crippen molar-refractivity contribution < 1.29 is 48.3 Å². The van der Waals surface area contributed by atoms with E-state index in [1.54, 1.807) is 42.4 Å². The number of allylic oxidation sites excluding steroid dienone is 1. The molecule has 3 N–H and O–H groups in total. The summed E-state index contributed by atoms with van der Waals surface area (Å²) >= 11 is 0. The van der Waals surface area contributed by atoms with Gasteiger partial charge in [0.05, 0.1) is 38.1 Å². The van der Waals surface area contributed by atoms with Crippen molar-refractivity contribution in [2.24, 2.45) is 22.9 Å². The molecule has 0 spiro atoms. The zero-order valence-electron chi connectivity index (χ0n) is 38.4. The van der Waals surface area contributed by atoms with Crippen molar-refractivity contribution in [1.82, 2.24) is 4.90 Å². The van der Waals surface area contributed by atoms with E-state index in [1.165, 1.54) is 52.7 Å². The Morgan fingerprint density at radius 3 is 2.27 bits per heavy atom. The Labute approximate surface area is 375 Å². The van der Waals surface area contributed by atoms with Crippen molar-refractivity contribution in [2.45, 2.75) is 134 Å². The van der Waals surface area contributed by atoms with Gasteiger partial charge in [0.15, 0.2) is 0 Å². The van der Waals surface area contributed by atoms with Crippen LogP contribution < -0.4 is 24.3 Å². The number of anilines is 1. The predicted molar refractivity (Wildman–Crippen MR) is 246 cm³/mol. The van der Waals surface area contributed by atoms with Crippen LogP contribution in [0.15, 0.2) is 65.9 Å². The number of likely N-dealkylation sites (N-methyl/N-ethyl adjacent to an activating group) is 1. The van der Waals surface area contributed by atoms with Gasteiger partial charge in [-0.2, -0.15) is 0 Å². The molecule has 6 atom stereocenters. The molecule has 3 aliphatic rings. The van der Waals surface area contributed by atoms with Gasteiger partial charge in [0.1, 0.15) is 36.1 Å². The van der Waals surface area contributed by atoms with Gasteiger partial charge in [0, 0.05) is 50.7 Å². The summed E-state index contributed by atoms with van der Waals surface area (Å²) < 4.78 is 31.0. The van der Waals surface area contributed by atoms with Gasteiger partial charge in [-0.05, 0) is 79.8 Å². The van der Waals surface area contributed by atoms with E-state index in [0.717, 1.165) is 61.8 Å². The Bertz CT molecular complexity index is 1850. The molecule has 2 amide bonds. The number of hydrogen-bond donors (Lipinski definition) is 3. The summed E-state index contributed by atoms with van der Waals surface area (Å²) in [6.07, 6.45) is 19.0. The van der Waals surface area contributed by atoms with E-state index in [0.29, 0.717) is 54.4 Å². The molecule has 348 valence electrons. The van der Waals surface area contributed by atoms with Crippen LogP contribution in [-0.2, 0) is 14.4 Å². The van der Waals surface area contributed by atoms with Crippen LogP contribution in [0.25, 0.3) is 0 Å². The van der Waals surface area contributed by atoms with Crippen molar-refractivity contribution in [3.63, 3.8) is 0 Å². The Balaban J connectivity index is 1.55. The highest BCUT2D eigenvalue weighted by Crippen LogP contribution is 2.62. The average molecular weight is 876 g/mol. The van der Waals surface area contributed by atoms with Crippen LogP contribution in [0.2, 0.25) is 0 Å². The molecule has 0 saturated heterocycles. The minimum Gasteiger partial charge on any atom is -0.497 e. The number of unbranched alkanes of at least 4 members (excludes halogenated alkanes) is 10. The molecule has 63 heavy (non-hydrogen) atoms. The molecular weight excluding hydrogens is 803 g/mol. The number of amides is 2. The van der Waals surface area contributed by atoms with Crippen LogP contribution in [0.3, 0.4) is 0 Å². The van der Waals surface area contributed by atoms with E-state index >= 15 is 0 Å². The normalized spacial score (nSPS) is 22.8. The topological polar surface area (TPSA) is 158 Å². The first-order valence-electron chi connectivity index (χ1n) is 23.3. The van der Waals surface area contributed by atoms with Gasteiger partial charge in [-0.15, -0.1) is 6.58 Å². The molecule has 5 rings (SSSR count). The molecule has 1 saturated carbocycles. The molecule has 6 unspecified atom stereocenters. The molecule has 0 radical (unpaired) electrons. The fourth-order valence-electron chi connectivity index (χ4n) is 9.98. The number of rotatable bonds is 27. The van der Waals surface area contributed by atoms with Gasteiger partial charge >= 0.3 is 6.09 Å². The number of nitrogens with one attached hydrogen (secondary N) is 1. The van der Waals surface area contributed by atoms with Crippen LogP contribution in [0.5, 0.6) is 23.0 Å². The number of benzene rings is 2. The van der Waals surface area contributed by atoms with Gasteiger partial charge in [0.25, 0.3) is 0 Å². The van der Waals surface area contributed by atoms with Crippen LogP contribution >= 0.6 is 0 Å². The van der Waals surface area contributed by atoms with Crippen LogP contribution in [0, 0.1) is 17.8 Å². The summed E-state index contributed by atoms with van der Waals surface area (Å²) in [5.74, 6) is -0.0701. The maximum atomic E-state index is 14.3. The summed E-state index contributed by atoms with van der Waals surface area (Å²) in [7, 11) is 6.45. The highest BCUT2D eigenvalue weighted by Gasteiger charge is 2.65. The molecule has 13 nitrogen and oxygen atoms in total. The molecule has 1 heterocycles. The summed E-state index contributed by atoms with van der Waals surface area (Å²) in [5.41, 5.74) is 2.93. The van der Waals surface area contributed by atoms with Crippen molar-refractivity contribution in [3.8, 4) is 23.0 Å². The lowest BCUT2D eigenvalue weighted by atomic mass is 9.55. The lowest BCUT2D eigenvalue weighted by molar-refractivity contribution is -0.255. The number of nitrogens with zero attached hydrogens (tertiary/aromatic N) is 2. The molecule has 1 fully saturated rings. The number of ether oxygens (including phenoxy) is 5. The largest absolute Gasteiger partial charge is 0.497 e. The molecule has 2 aromatic rings. The number of aliphatic hydroxyl groups excluding tert-OH is 2. The third-order valence-corrected chi connectivity index (χ3v) is 13.1. The zero-order valence-corrected chi connectivity index (χ0v) is 38.4. The first-order valence-corrected chi connectivity index (χ1v) is 23.3. The quantitative estimate of drug-likeness (QED) is 0.0448. The number of fused-ring (bicyclic) bond motifs is 2. The first kappa shape index (κ1) is 49.4. The van der Waals surface area contributed by atoms with E-state index in [1.807, 2.05) is 19.2 Å². The third kappa shape index (κ3) is 12.4.